The molecule has 0 spiro atoms. The number of guanidine groups is 1. The van der Waals surface area contributed by atoms with Crippen LogP contribution in [0.2, 0.25) is 0 Å². The van der Waals surface area contributed by atoms with Crippen molar-refractivity contribution >= 4 is 28.5 Å². The largest absolute Gasteiger partial charge is 0.361 e. The van der Waals surface area contributed by atoms with Gasteiger partial charge in [0.1, 0.15) is 5.82 Å². The van der Waals surface area contributed by atoms with Crippen LogP contribution in [0.1, 0.15) is 21.5 Å². The summed E-state index contributed by atoms with van der Waals surface area (Å²) in [6, 6.07) is 21.6. The van der Waals surface area contributed by atoms with Gasteiger partial charge in [-0.3, -0.25) is 15.1 Å². The Hall–Kier alpha value is -3.93. The number of fused-ring (bicyclic) bond motifs is 1. The molecule has 0 bridgehead atoms. The number of carbonyl (C=O) groups excluding carboxylic acids is 1. The molecule has 0 saturated carbocycles. The zero-order valence-electron chi connectivity index (χ0n) is 17.2. The number of rotatable bonds is 5. The van der Waals surface area contributed by atoms with Gasteiger partial charge in [0.25, 0.3) is 5.91 Å². The van der Waals surface area contributed by atoms with Gasteiger partial charge < -0.3 is 10.3 Å². The number of aromatic nitrogens is 1. The molecule has 0 saturated heterocycles. The molecular formula is C25H23FN4O. The predicted octanol–water partition coefficient (Wildman–Crippen LogP) is 5.06. The third-order valence-electron chi connectivity index (χ3n) is 4.97. The average Bonchev–Trinajstić information content (AvgIpc) is 3.18. The third-order valence-corrected chi connectivity index (χ3v) is 4.97. The van der Waals surface area contributed by atoms with E-state index in [0.717, 1.165) is 22.0 Å². The molecule has 4 aromatic rings. The maximum atomic E-state index is 14.1. The van der Waals surface area contributed by atoms with Crippen molar-refractivity contribution in [2.24, 2.45) is 4.99 Å². The number of hydrogen-bond donors (Lipinski definition) is 3. The van der Waals surface area contributed by atoms with Crippen molar-refractivity contribution in [3.8, 4) is 0 Å². The second kappa shape index (κ2) is 9.26. The summed E-state index contributed by atoms with van der Waals surface area (Å²) in [5.41, 5.74) is 3.94. The molecule has 1 heterocycles. The Bertz CT molecular complexity index is 1250. The fourth-order valence-electron chi connectivity index (χ4n) is 3.39. The molecule has 0 radical (unpaired) electrons. The maximum Gasteiger partial charge on any atom is 0.257 e. The van der Waals surface area contributed by atoms with E-state index in [9.17, 15) is 9.18 Å². The zero-order valence-corrected chi connectivity index (χ0v) is 17.2. The van der Waals surface area contributed by atoms with E-state index in [1.54, 1.807) is 30.3 Å². The molecule has 0 aliphatic heterocycles. The summed E-state index contributed by atoms with van der Waals surface area (Å²) < 4.78 is 14.1. The quantitative estimate of drug-likeness (QED) is 0.316. The topological polar surface area (TPSA) is 69.3 Å². The summed E-state index contributed by atoms with van der Waals surface area (Å²) >= 11 is 0. The molecule has 3 N–H and O–H groups in total. The Morgan fingerprint density at radius 2 is 1.84 bits per heavy atom. The van der Waals surface area contributed by atoms with E-state index in [1.807, 2.05) is 43.5 Å². The van der Waals surface area contributed by atoms with Crippen molar-refractivity contribution in [2.45, 2.75) is 13.3 Å². The minimum absolute atomic E-state index is 0.205. The van der Waals surface area contributed by atoms with Gasteiger partial charge >= 0.3 is 0 Å². The van der Waals surface area contributed by atoms with Crippen molar-refractivity contribution in [1.82, 2.24) is 10.3 Å². The van der Waals surface area contributed by atoms with E-state index in [0.29, 0.717) is 18.5 Å². The van der Waals surface area contributed by atoms with E-state index < -0.39 is 5.82 Å². The molecule has 0 fully saturated rings. The first-order valence-electron chi connectivity index (χ1n) is 10.1. The van der Waals surface area contributed by atoms with Crippen LogP contribution in [0, 0.1) is 12.7 Å². The lowest BCUT2D eigenvalue weighted by molar-refractivity contribution is 0.0977. The minimum Gasteiger partial charge on any atom is -0.361 e. The molecule has 156 valence electrons. The number of aryl methyl sites for hydroxylation is 1. The van der Waals surface area contributed by atoms with E-state index in [-0.39, 0.29) is 17.6 Å². The summed E-state index contributed by atoms with van der Waals surface area (Å²) in [7, 11) is 0. The highest BCUT2D eigenvalue weighted by Crippen LogP contribution is 2.18. The third kappa shape index (κ3) is 4.98. The Labute approximate surface area is 180 Å². The van der Waals surface area contributed by atoms with Crippen LogP contribution in [0.5, 0.6) is 0 Å². The zero-order chi connectivity index (χ0) is 21.6. The first-order valence-corrected chi connectivity index (χ1v) is 10.1. The van der Waals surface area contributed by atoms with Crippen LogP contribution < -0.4 is 10.6 Å². The van der Waals surface area contributed by atoms with Gasteiger partial charge in [-0.15, -0.1) is 0 Å². The minimum atomic E-state index is -0.420. The number of para-hydroxylation sites is 2. The molecule has 4 rings (SSSR count). The normalized spacial score (nSPS) is 11.5. The molecule has 0 aliphatic carbocycles. The summed E-state index contributed by atoms with van der Waals surface area (Å²) in [5.74, 6) is -0.522. The van der Waals surface area contributed by atoms with Crippen LogP contribution in [0.15, 0.2) is 84.0 Å². The van der Waals surface area contributed by atoms with Crippen LogP contribution in [0.4, 0.5) is 10.1 Å². The highest BCUT2D eigenvalue weighted by Gasteiger charge is 2.11. The monoisotopic (exact) mass is 414 g/mol. The number of aromatic amines is 1. The standard InChI is InChI=1S/C25H23FN4O/c1-17-7-6-8-18(15-17)24(31)30-25(29-23-12-5-3-10-21(23)26)27-14-13-19-16-28-22-11-4-2-9-20(19)22/h2-12,15-16,28H,13-14H2,1H3,(H2,27,29,30,31). The van der Waals surface area contributed by atoms with E-state index in [4.69, 9.17) is 0 Å². The van der Waals surface area contributed by atoms with Crippen molar-refractivity contribution < 1.29 is 9.18 Å². The van der Waals surface area contributed by atoms with Crippen molar-refractivity contribution in [2.75, 3.05) is 11.9 Å². The van der Waals surface area contributed by atoms with Gasteiger partial charge in [0.05, 0.1) is 5.69 Å². The molecule has 1 aromatic heterocycles. The van der Waals surface area contributed by atoms with E-state index in [2.05, 4.69) is 26.7 Å². The number of anilines is 1. The van der Waals surface area contributed by atoms with Crippen LogP contribution in [0.25, 0.3) is 10.9 Å². The number of nitrogens with one attached hydrogen (secondary N) is 3. The van der Waals surface area contributed by atoms with Crippen LogP contribution in [-0.4, -0.2) is 23.4 Å². The lowest BCUT2D eigenvalue weighted by Crippen LogP contribution is -2.36. The fourth-order valence-corrected chi connectivity index (χ4v) is 3.39. The molecule has 31 heavy (non-hydrogen) atoms. The number of carbonyl (C=O) groups is 1. The molecule has 5 nitrogen and oxygen atoms in total. The van der Waals surface area contributed by atoms with Gasteiger partial charge in [-0.25, -0.2) is 4.39 Å². The van der Waals surface area contributed by atoms with Gasteiger partial charge in [0.15, 0.2) is 0 Å². The summed E-state index contributed by atoms with van der Waals surface area (Å²) in [4.78, 5) is 20.5. The number of amides is 1. The second-order valence-electron chi connectivity index (χ2n) is 7.27. The molecule has 3 aromatic carbocycles. The Balaban J connectivity index is 1.53. The highest BCUT2D eigenvalue weighted by atomic mass is 19.1. The first-order chi connectivity index (χ1) is 15.1. The van der Waals surface area contributed by atoms with Crippen molar-refractivity contribution in [1.29, 1.82) is 0 Å². The number of aliphatic imine (C=N–C) groups is 1. The van der Waals surface area contributed by atoms with Gasteiger partial charge in [-0.05, 0) is 49.2 Å². The second-order valence-corrected chi connectivity index (χ2v) is 7.27. The lowest BCUT2D eigenvalue weighted by Gasteiger charge is -2.13. The number of halogens is 1. The van der Waals surface area contributed by atoms with Gasteiger partial charge in [0, 0.05) is 29.2 Å². The first kappa shape index (κ1) is 20.3. The number of hydrogen-bond acceptors (Lipinski definition) is 2. The SMILES string of the molecule is Cc1cccc(C(=O)NC(=NCCc2c[nH]c3ccccc23)Nc2ccccc2F)c1. The molecule has 0 unspecified atom stereocenters. The number of nitrogens with zero attached hydrogens (tertiary/aromatic N) is 1. The maximum absolute atomic E-state index is 14.1. The van der Waals surface area contributed by atoms with Gasteiger partial charge in [-0.2, -0.15) is 0 Å². The van der Waals surface area contributed by atoms with Gasteiger partial charge in [-0.1, -0.05) is 48.0 Å². The van der Waals surface area contributed by atoms with E-state index in [1.165, 1.54) is 6.07 Å². The molecule has 0 atom stereocenters. The Morgan fingerprint density at radius 3 is 2.68 bits per heavy atom. The number of benzene rings is 3. The van der Waals surface area contributed by atoms with Crippen LogP contribution in [-0.2, 0) is 6.42 Å². The summed E-state index contributed by atoms with van der Waals surface area (Å²) in [6.07, 6.45) is 2.64. The molecule has 6 heteroatoms. The molecule has 1 amide bonds. The average molecular weight is 414 g/mol. The molecular weight excluding hydrogens is 391 g/mol. The van der Waals surface area contributed by atoms with Crippen LogP contribution in [0.3, 0.4) is 0 Å². The predicted molar refractivity (Wildman–Crippen MR) is 123 cm³/mol. The Kier molecular flexibility index (Phi) is 6.08. The van der Waals surface area contributed by atoms with E-state index >= 15 is 0 Å². The van der Waals surface area contributed by atoms with Crippen molar-refractivity contribution in [3.05, 3.63) is 102 Å². The van der Waals surface area contributed by atoms with Crippen LogP contribution >= 0.6 is 0 Å². The number of H-pyrrole nitrogens is 1. The highest BCUT2D eigenvalue weighted by molar-refractivity contribution is 6.10. The summed E-state index contributed by atoms with van der Waals surface area (Å²) in [6.45, 7) is 2.34. The fraction of sp³-hybridized carbons (Fsp3) is 0.120. The smallest absolute Gasteiger partial charge is 0.257 e. The Morgan fingerprint density at radius 1 is 1.03 bits per heavy atom. The summed E-state index contributed by atoms with van der Waals surface area (Å²) in [5, 5.41) is 6.84. The molecule has 0 aliphatic rings. The van der Waals surface area contributed by atoms with Crippen molar-refractivity contribution in [3.63, 3.8) is 0 Å². The van der Waals surface area contributed by atoms with Gasteiger partial charge in [0.2, 0.25) is 5.96 Å². The lowest BCUT2D eigenvalue weighted by atomic mass is 10.1.